The van der Waals surface area contributed by atoms with Crippen LogP contribution in [0.15, 0.2) is 60.7 Å². The fourth-order valence-electron chi connectivity index (χ4n) is 2.03. The molecule has 0 bridgehead atoms. The number of benzene rings is 2. The van der Waals surface area contributed by atoms with Crippen LogP contribution < -0.4 is 0 Å². The van der Waals surface area contributed by atoms with Gasteiger partial charge in [0.1, 0.15) is 0 Å². The summed E-state index contributed by atoms with van der Waals surface area (Å²) in [6, 6.07) is 21.7. The van der Waals surface area contributed by atoms with Gasteiger partial charge in [-0.2, -0.15) is 0 Å². The summed E-state index contributed by atoms with van der Waals surface area (Å²) in [6.45, 7) is 0. The van der Waals surface area contributed by atoms with Gasteiger partial charge in [-0.05, 0) is 0 Å². The van der Waals surface area contributed by atoms with Crippen LogP contribution >= 0.6 is 0 Å². The summed E-state index contributed by atoms with van der Waals surface area (Å²) in [6.07, 6.45) is 1.27. The second-order valence-corrected chi connectivity index (χ2v) is 5.62. The van der Waals surface area contributed by atoms with Gasteiger partial charge in [-0.15, -0.1) is 0 Å². The van der Waals surface area contributed by atoms with E-state index in [2.05, 4.69) is 60.7 Å². The predicted molar refractivity (Wildman–Crippen MR) is 69.9 cm³/mol. The van der Waals surface area contributed by atoms with Gasteiger partial charge in [0.25, 0.3) is 0 Å². The molecule has 0 spiro atoms. The van der Waals surface area contributed by atoms with Crippen LogP contribution in [0.2, 0.25) is 4.13 Å². The van der Waals surface area contributed by atoms with Crippen LogP contribution in [0.25, 0.3) is 0 Å². The molecule has 0 aromatic heterocycles. The second-order valence-electron chi connectivity index (χ2n) is 3.89. The molecular weight excluding hydrogens is 389 g/mol. The van der Waals surface area contributed by atoms with Crippen molar-refractivity contribution in [1.29, 1.82) is 0 Å². The zero-order valence-electron chi connectivity index (χ0n) is 9.21. The van der Waals surface area contributed by atoms with Crippen molar-refractivity contribution in [3.05, 3.63) is 71.8 Å². The van der Waals surface area contributed by atoms with Crippen LogP contribution in [-0.4, -0.2) is 24.7 Å². The molecule has 0 fully saturated rings. The van der Waals surface area contributed by atoms with E-state index < -0.39 is 0 Å². The third kappa shape index (κ3) is 2.92. The maximum atomic E-state index is 2.24. The zero-order chi connectivity index (χ0) is 11.2. The zero-order valence-corrected chi connectivity index (χ0v) is 12.7. The van der Waals surface area contributed by atoms with Crippen LogP contribution in [0, 0.1) is 0 Å². The summed E-state index contributed by atoms with van der Waals surface area (Å²) in [5.41, 5.74) is 2.89. The van der Waals surface area contributed by atoms with E-state index in [0.717, 1.165) is 0 Å². The van der Waals surface area contributed by atoms with Gasteiger partial charge in [0, 0.05) is 0 Å². The average molecular weight is 404 g/mol. The Labute approximate surface area is 113 Å². The number of rotatable bonds is 4. The molecule has 0 atom stereocenters. The SMILES string of the molecule is [Bi][CH2]CC(c1ccccc1)c1ccccc1. The van der Waals surface area contributed by atoms with Crippen molar-refractivity contribution in [2.24, 2.45) is 0 Å². The fraction of sp³-hybridized carbons (Fsp3) is 0.200. The van der Waals surface area contributed by atoms with Gasteiger partial charge in [0.15, 0.2) is 0 Å². The molecular formula is C15H15Bi. The van der Waals surface area contributed by atoms with Gasteiger partial charge in [0.2, 0.25) is 0 Å². The van der Waals surface area contributed by atoms with Crippen molar-refractivity contribution in [3.8, 4) is 0 Å². The van der Waals surface area contributed by atoms with Crippen LogP contribution in [0.3, 0.4) is 0 Å². The van der Waals surface area contributed by atoms with Crippen molar-refractivity contribution in [2.75, 3.05) is 0 Å². The summed E-state index contributed by atoms with van der Waals surface area (Å²) in [7, 11) is 0. The van der Waals surface area contributed by atoms with Gasteiger partial charge in [-0.1, -0.05) is 0 Å². The first-order chi connectivity index (χ1) is 7.92. The molecule has 0 amide bonds. The van der Waals surface area contributed by atoms with Gasteiger partial charge < -0.3 is 0 Å². The molecule has 0 nitrogen and oxygen atoms in total. The Morgan fingerprint density at radius 2 is 1.19 bits per heavy atom. The Balaban J connectivity index is 2.31. The van der Waals surface area contributed by atoms with Crippen molar-refractivity contribution < 1.29 is 0 Å². The molecule has 0 unspecified atom stereocenters. The molecule has 2 aromatic rings. The van der Waals surface area contributed by atoms with Gasteiger partial charge in [-0.3, -0.25) is 0 Å². The van der Waals surface area contributed by atoms with Crippen LogP contribution in [0.5, 0.6) is 0 Å². The topological polar surface area (TPSA) is 0 Å². The molecule has 0 saturated carbocycles. The third-order valence-corrected chi connectivity index (χ3v) is 3.83. The number of hydrogen-bond acceptors (Lipinski definition) is 0. The minimum atomic E-state index is 0.576. The van der Waals surface area contributed by atoms with Crippen molar-refractivity contribution in [3.63, 3.8) is 0 Å². The molecule has 80 valence electrons. The molecule has 0 aliphatic heterocycles. The Morgan fingerprint density at radius 1 is 0.750 bits per heavy atom. The van der Waals surface area contributed by atoms with Gasteiger partial charge >= 0.3 is 113 Å². The Morgan fingerprint density at radius 3 is 1.56 bits per heavy atom. The molecule has 0 heterocycles. The first kappa shape index (κ1) is 11.8. The van der Waals surface area contributed by atoms with Gasteiger partial charge in [0.05, 0.1) is 0 Å². The summed E-state index contributed by atoms with van der Waals surface area (Å²) < 4.78 is 1.33. The molecule has 1 heteroatoms. The van der Waals surface area contributed by atoms with Crippen molar-refractivity contribution >= 4 is 24.7 Å². The van der Waals surface area contributed by atoms with Gasteiger partial charge in [-0.25, -0.2) is 0 Å². The molecule has 0 saturated heterocycles. The second kappa shape index (κ2) is 6.16. The Bertz CT molecular complexity index is 368. The van der Waals surface area contributed by atoms with E-state index in [9.17, 15) is 0 Å². The first-order valence-electron chi connectivity index (χ1n) is 5.62. The third-order valence-electron chi connectivity index (χ3n) is 2.82. The van der Waals surface area contributed by atoms with Crippen LogP contribution in [0.1, 0.15) is 23.5 Å². The maximum absolute atomic E-state index is 2.24. The molecule has 0 aliphatic rings. The molecule has 2 radical (unpaired) electrons. The first-order valence-corrected chi connectivity index (χ1v) is 8.08. The fourth-order valence-corrected chi connectivity index (χ4v) is 3.03. The summed E-state index contributed by atoms with van der Waals surface area (Å²) in [5, 5.41) is 0. The predicted octanol–water partition coefficient (Wildman–Crippen LogP) is 3.80. The monoisotopic (exact) mass is 404 g/mol. The standard InChI is InChI=1S/C15H15.Bi/c1-2-15(13-9-5-3-6-10-13)14-11-7-4-8-12-14;/h3-12,15H,1-2H2;. The van der Waals surface area contributed by atoms with E-state index in [4.69, 9.17) is 0 Å². The summed E-state index contributed by atoms with van der Waals surface area (Å²) in [5.74, 6) is 0.576. The minimum absolute atomic E-state index is 0.576. The molecule has 0 aliphatic carbocycles. The van der Waals surface area contributed by atoms with Crippen molar-refractivity contribution in [1.82, 2.24) is 0 Å². The molecule has 2 rings (SSSR count). The van der Waals surface area contributed by atoms with E-state index in [1.54, 1.807) is 0 Å². The molecule has 16 heavy (non-hydrogen) atoms. The van der Waals surface area contributed by atoms with Crippen molar-refractivity contribution in [2.45, 2.75) is 16.5 Å². The normalized spacial score (nSPS) is 10.6. The Kier molecular flexibility index (Phi) is 4.54. The number of hydrogen-bond donors (Lipinski definition) is 0. The van der Waals surface area contributed by atoms with E-state index in [-0.39, 0.29) is 0 Å². The van der Waals surface area contributed by atoms with E-state index in [1.807, 2.05) is 0 Å². The average Bonchev–Trinajstić information content (AvgIpc) is 2.38. The molecule has 2 aromatic carbocycles. The summed E-state index contributed by atoms with van der Waals surface area (Å²) >= 11 is 1.48. The van der Waals surface area contributed by atoms with E-state index in [1.165, 1.54) is 46.4 Å². The van der Waals surface area contributed by atoms with E-state index in [0.29, 0.717) is 5.92 Å². The quantitative estimate of drug-likeness (QED) is 0.681. The molecule has 0 N–H and O–H groups in total. The summed E-state index contributed by atoms with van der Waals surface area (Å²) in [4.78, 5) is 0. The van der Waals surface area contributed by atoms with E-state index >= 15 is 0 Å². The Hall–Kier alpha value is -0.677. The van der Waals surface area contributed by atoms with Crippen LogP contribution in [-0.2, 0) is 0 Å². The van der Waals surface area contributed by atoms with Crippen LogP contribution in [0.4, 0.5) is 0 Å².